The quantitative estimate of drug-likeness (QED) is 0.864. The summed E-state index contributed by atoms with van der Waals surface area (Å²) in [4.78, 5) is 14.0. The first-order valence-electron chi connectivity index (χ1n) is 7.20. The molecule has 0 radical (unpaired) electrons. The fraction of sp³-hybridized carbons (Fsp3) is 0.562. The highest BCUT2D eigenvalue weighted by atomic mass is 16.6. The Labute approximate surface area is 126 Å². The van der Waals surface area contributed by atoms with E-state index >= 15 is 0 Å². The van der Waals surface area contributed by atoms with Gasteiger partial charge in [0.2, 0.25) is 0 Å². The number of benzene rings is 1. The third-order valence-electron chi connectivity index (χ3n) is 3.47. The van der Waals surface area contributed by atoms with Crippen molar-refractivity contribution in [2.45, 2.75) is 45.4 Å². The maximum Gasteiger partial charge on any atom is 0.410 e. The zero-order chi connectivity index (χ0) is 15.6. The number of ether oxygens (including phenoxy) is 2. The van der Waals surface area contributed by atoms with E-state index in [-0.39, 0.29) is 12.1 Å². The van der Waals surface area contributed by atoms with Crippen LogP contribution in [0.2, 0.25) is 0 Å². The summed E-state index contributed by atoms with van der Waals surface area (Å²) in [6, 6.07) is 5.76. The van der Waals surface area contributed by atoms with Crippen LogP contribution >= 0.6 is 0 Å². The highest BCUT2D eigenvalue weighted by Crippen LogP contribution is 2.29. The molecule has 21 heavy (non-hydrogen) atoms. The molecular formula is C16H24N2O3. The van der Waals surface area contributed by atoms with E-state index in [9.17, 15) is 4.79 Å². The molecule has 1 aromatic carbocycles. The zero-order valence-electron chi connectivity index (χ0n) is 13.2. The van der Waals surface area contributed by atoms with Crippen LogP contribution in [0.5, 0.6) is 5.75 Å². The van der Waals surface area contributed by atoms with Gasteiger partial charge in [0.05, 0.1) is 7.11 Å². The Morgan fingerprint density at radius 3 is 2.71 bits per heavy atom. The predicted octanol–water partition coefficient (Wildman–Crippen LogP) is 2.84. The molecule has 1 amide bonds. The Morgan fingerprint density at radius 2 is 2.10 bits per heavy atom. The summed E-state index contributed by atoms with van der Waals surface area (Å²) >= 11 is 0. The molecule has 2 N–H and O–H groups in total. The molecule has 1 aromatic rings. The Kier molecular flexibility index (Phi) is 4.42. The number of hydrogen-bond acceptors (Lipinski definition) is 4. The van der Waals surface area contributed by atoms with Gasteiger partial charge in [-0.2, -0.15) is 0 Å². The topological polar surface area (TPSA) is 64.8 Å². The van der Waals surface area contributed by atoms with Crippen LogP contribution in [0, 0.1) is 0 Å². The van der Waals surface area contributed by atoms with Crippen LogP contribution in [0.4, 0.5) is 4.79 Å². The van der Waals surface area contributed by atoms with Crippen molar-refractivity contribution in [2.75, 3.05) is 13.7 Å². The second-order valence-electron chi connectivity index (χ2n) is 6.36. The fourth-order valence-electron chi connectivity index (χ4n) is 2.43. The molecule has 5 nitrogen and oxygen atoms in total. The van der Waals surface area contributed by atoms with Gasteiger partial charge in [-0.3, -0.25) is 0 Å². The van der Waals surface area contributed by atoms with Gasteiger partial charge in [0.25, 0.3) is 0 Å². The standard InChI is InChI=1S/C16H24N2O3/c1-16(2,3)21-15(19)18-8-7-14(17)13-6-5-12(20-4)9-11(13)10-18/h5-6,9,14H,7-8,10,17H2,1-4H3/t14-/m1/s1. The van der Waals surface area contributed by atoms with Crippen LogP contribution in [0.3, 0.4) is 0 Å². The first kappa shape index (κ1) is 15.6. The van der Waals surface area contributed by atoms with Crippen molar-refractivity contribution >= 4 is 6.09 Å². The number of nitrogens with two attached hydrogens (primary N) is 1. The van der Waals surface area contributed by atoms with E-state index in [1.807, 2.05) is 39.0 Å². The Morgan fingerprint density at radius 1 is 1.38 bits per heavy atom. The van der Waals surface area contributed by atoms with Crippen molar-refractivity contribution in [3.63, 3.8) is 0 Å². The van der Waals surface area contributed by atoms with Gasteiger partial charge in [-0.15, -0.1) is 0 Å². The lowest BCUT2D eigenvalue weighted by Gasteiger charge is -2.26. The monoisotopic (exact) mass is 292 g/mol. The minimum absolute atomic E-state index is 0.0710. The summed E-state index contributed by atoms with van der Waals surface area (Å²) in [5, 5.41) is 0. The molecule has 1 heterocycles. The Balaban J connectivity index is 2.23. The van der Waals surface area contributed by atoms with E-state index in [1.54, 1.807) is 12.0 Å². The van der Waals surface area contributed by atoms with E-state index in [4.69, 9.17) is 15.2 Å². The number of rotatable bonds is 1. The maximum atomic E-state index is 12.3. The lowest BCUT2D eigenvalue weighted by atomic mass is 10.00. The van der Waals surface area contributed by atoms with E-state index in [0.717, 1.165) is 23.3 Å². The molecule has 0 bridgehead atoms. The van der Waals surface area contributed by atoms with Crippen molar-refractivity contribution in [1.29, 1.82) is 0 Å². The van der Waals surface area contributed by atoms with E-state index in [2.05, 4.69) is 0 Å². The van der Waals surface area contributed by atoms with Crippen LogP contribution in [-0.4, -0.2) is 30.2 Å². The van der Waals surface area contributed by atoms with Crippen LogP contribution in [0.1, 0.15) is 44.4 Å². The summed E-state index contributed by atoms with van der Waals surface area (Å²) in [6.07, 6.45) is 0.420. The fourth-order valence-corrected chi connectivity index (χ4v) is 2.43. The van der Waals surface area contributed by atoms with Crippen molar-refractivity contribution in [3.8, 4) is 5.75 Å². The van der Waals surface area contributed by atoms with Gasteiger partial charge in [0, 0.05) is 19.1 Å². The first-order chi connectivity index (χ1) is 9.80. The van der Waals surface area contributed by atoms with Crippen molar-refractivity contribution in [2.24, 2.45) is 5.73 Å². The SMILES string of the molecule is COc1ccc2c(c1)CN(C(=O)OC(C)(C)C)CC[C@H]2N. The van der Waals surface area contributed by atoms with E-state index < -0.39 is 5.60 Å². The molecule has 2 rings (SSSR count). The second-order valence-corrected chi connectivity index (χ2v) is 6.36. The normalized spacial score (nSPS) is 18.7. The molecule has 0 spiro atoms. The van der Waals surface area contributed by atoms with Gasteiger partial charge in [-0.05, 0) is 50.5 Å². The van der Waals surface area contributed by atoms with Gasteiger partial charge in [0.1, 0.15) is 11.4 Å². The average Bonchev–Trinajstić information content (AvgIpc) is 2.56. The van der Waals surface area contributed by atoms with Gasteiger partial charge in [0.15, 0.2) is 0 Å². The molecule has 0 fully saturated rings. The number of nitrogens with zero attached hydrogens (tertiary/aromatic N) is 1. The van der Waals surface area contributed by atoms with Crippen LogP contribution in [0.25, 0.3) is 0 Å². The lowest BCUT2D eigenvalue weighted by molar-refractivity contribution is 0.0235. The molecule has 0 aromatic heterocycles. The van der Waals surface area contributed by atoms with Gasteiger partial charge >= 0.3 is 6.09 Å². The number of carbonyl (C=O) groups excluding carboxylic acids is 1. The van der Waals surface area contributed by atoms with E-state index in [0.29, 0.717) is 13.1 Å². The number of fused-ring (bicyclic) bond motifs is 1. The molecule has 0 unspecified atom stereocenters. The largest absolute Gasteiger partial charge is 0.497 e. The maximum absolute atomic E-state index is 12.3. The highest BCUT2D eigenvalue weighted by molar-refractivity contribution is 5.68. The summed E-state index contributed by atoms with van der Waals surface area (Å²) in [6.45, 7) is 6.69. The average molecular weight is 292 g/mol. The summed E-state index contributed by atoms with van der Waals surface area (Å²) in [7, 11) is 1.63. The zero-order valence-corrected chi connectivity index (χ0v) is 13.2. The third-order valence-corrected chi connectivity index (χ3v) is 3.47. The number of methoxy groups -OCH3 is 1. The molecule has 116 valence electrons. The van der Waals surface area contributed by atoms with E-state index in [1.165, 1.54) is 0 Å². The highest BCUT2D eigenvalue weighted by Gasteiger charge is 2.27. The predicted molar refractivity (Wildman–Crippen MR) is 81.2 cm³/mol. The van der Waals surface area contributed by atoms with Crippen LogP contribution < -0.4 is 10.5 Å². The molecule has 1 aliphatic rings. The Hall–Kier alpha value is -1.75. The second kappa shape index (κ2) is 5.93. The first-order valence-corrected chi connectivity index (χ1v) is 7.20. The number of hydrogen-bond donors (Lipinski definition) is 1. The molecular weight excluding hydrogens is 268 g/mol. The third kappa shape index (κ3) is 3.88. The Bertz CT molecular complexity index is 523. The smallest absolute Gasteiger partial charge is 0.410 e. The van der Waals surface area contributed by atoms with Crippen molar-refractivity contribution < 1.29 is 14.3 Å². The van der Waals surface area contributed by atoms with Gasteiger partial charge < -0.3 is 20.1 Å². The molecule has 5 heteroatoms. The number of carbonyl (C=O) groups is 1. The minimum Gasteiger partial charge on any atom is -0.497 e. The summed E-state index contributed by atoms with van der Waals surface area (Å²) in [5.74, 6) is 0.770. The van der Waals surface area contributed by atoms with Gasteiger partial charge in [-0.1, -0.05) is 6.07 Å². The van der Waals surface area contributed by atoms with Crippen LogP contribution in [-0.2, 0) is 11.3 Å². The molecule has 0 aliphatic carbocycles. The lowest BCUT2D eigenvalue weighted by Crippen LogP contribution is -2.36. The summed E-state index contributed by atoms with van der Waals surface area (Å²) < 4.78 is 10.7. The molecule has 1 aliphatic heterocycles. The summed E-state index contributed by atoms with van der Waals surface area (Å²) in [5.41, 5.74) is 7.80. The molecule has 1 atom stereocenters. The van der Waals surface area contributed by atoms with Crippen molar-refractivity contribution in [1.82, 2.24) is 4.90 Å². The number of amides is 1. The molecule has 0 saturated carbocycles. The molecule has 0 saturated heterocycles. The van der Waals surface area contributed by atoms with Crippen LogP contribution in [0.15, 0.2) is 18.2 Å². The minimum atomic E-state index is -0.497. The van der Waals surface area contributed by atoms with Gasteiger partial charge in [-0.25, -0.2) is 4.79 Å². The van der Waals surface area contributed by atoms with Crippen molar-refractivity contribution in [3.05, 3.63) is 29.3 Å².